The summed E-state index contributed by atoms with van der Waals surface area (Å²) in [5.74, 6) is -1.36. The molecular weight excluding hydrogens is 427 g/mol. The van der Waals surface area contributed by atoms with Crippen LogP contribution in [0.4, 0.5) is 19.0 Å². The molecule has 0 aliphatic heterocycles. The van der Waals surface area contributed by atoms with E-state index in [0.29, 0.717) is 16.8 Å². The van der Waals surface area contributed by atoms with Crippen molar-refractivity contribution in [1.29, 1.82) is 0 Å². The van der Waals surface area contributed by atoms with Gasteiger partial charge in [0.15, 0.2) is 11.5 Å². The van der Waals surface area contributed by atoms with Crippen molar-refractivity contribution >= 4 is 17.6 Å². The third-order valence-corrected chi connectivity index (χ3v) is 4.25. The minimum absolute atomic E-state index is 0.0133. The number of halogens is 3. The van der Waals surface area contributed by atoms with Crippen molar-refractivity contribution in [3.8, 4) is 17.0 Å². The summed E-state index contributed by atoms with van der Waals surface area (Å²) < 4.78 is 41.0. The van der Waals surface area contributed by atoms with Crippen LogP contribution in [0.2, 0.25) is 0 Å². The summed E-state index contributed by atoms with van der Waals surface area (Å²) in [7, 11) is 1.44. The number of hydrogen-bond donors (Lipinski definition) is 3. The van der Waals surface area contributed by atoms with Crippen LogP contribution >= 0.6 is 0 Å². The van der Waals surface area contributed by atoms with Crippen molar-refractivity contribution in [3.05, 3.63) is 71.5 Å². The number of nitrogen functional groups attached to an aromatic ring is 1. The number of carbonyl (C=O) groups excluding carboxylic acids is 2. The topological polar surface area (TPSA) is 119 Å². The van der Waals surface area contributed by atoms with Gasteiger partial charge in [-0.1, -0.05) is 24.3 Å². The lowest BCUT2D eigenvalue weighted by Gasteiger charge is -2.11. The van der Waals surface area contributed by atoms with Crippen LogP contribution in [0.1, 0.15) is 26.4 Å². The maximum Gasteiger partial charge on any atom is 0.573 e. The van der Waals surface area contributed by atoms with Crippen LogP contribution in [0.15, 0.2) is 54.7 Å². The average molecular weight is 445 g/mol. The highest BCUT2D eigenvalue weighted by Gasteiger charge is 2.31. The highest BCUT2D eigenvalue weighted by atomic mass is 19.4. The van der Waals surface area contributed by atoms with Crippen molar-refractivity contribution < 1.29 is 27.5 Å². The molecule has 0 aliphatic rings. The first-order valence-corrected chi connectivity index (χ1v) is 9.24. The number of nitrogens with two attached hydrogens (primary N) is 1. The predicted molar refractivity (Wildman–Crippen MR) is 110 cm³/mol. The van der Waals surface area contributed by atoms with Crippen molar-refractivity contribution in [3.63, 3.8) is 0 Å². The number of carbonyl (C=O) groups is 2. The minimum atomic E-state index is -4.80. The number of alkyl halides is 3. The van der Waals surface area contributed by atoms with E-state index in [-0.39, 0.29) is 29.4 Å². The van der Waals surface area contributed by atoms with E-state index in [2.05, 4.69) is 25.3 Å². The molecule has 0 radical (unpaired) electrons. The Bertz CT molecular complexity index is 1150. The first-order chi connectivity index (χ1) is 15.2. The van der Waals surface area contributed by atoms with Gasteiger partial charge in [-0.3, -0.25) is 9.59 Å². The molecule has 8 nitrogen and oxygen atoms in total. The van der Waals surface area contributed by atoms with E-state index in [1.165, 1.54) is 31.4 Å². The van der Waals surface area contributed by atoms with Gasteiger partial charge in [0.2, 0.25) is 0 Å². The monoisotopic (exact) mass is 445 g/mol. The molecule has 4 N–H and O–H groups in total. The van der Waals surface area contributed by atoms with E-state index < -0.39 is 18.2 Å². The standard InChI is InChI=1S/C21H18F3N5O3/c1-26-20(31)17-18(25)27-11-16(29-17)13-5-3-6-14(9-13)19(30)28-10-12-4-2-7-15(8-12)32-21(22,23)24/h2-9,11H,10H2,1H3,(H2,25,27)(H,26,31)(H,28,30). The summed E-state index contributed by atoms with van der Waals surface area (Å²) in [6.07, 6.45) is -3.42. The van der Waals surface area contributed by atoms with Crippen molar-refractivity contribution in [2.45, 2.75) is 12.9 Å². The van der Waals surface area contributed by atoms with E-state index in [1.54, 1.807) is 30.3 Å². The number of hydrogen-bond acceptors (Lipinski definition) is 6. The Morgan fingerprint density at radius 3 is 2.56 bits per heavy atom. The number of nitrogens with one attached hydrogen (secondary N) is 2. The molecule has 2 amide bonds. The second-order valence-corrected chi connectivity index (χ2v) is 6.53. The summed E-state index contributed by atoms with van der Waals surface area (Å²) in [5, 5.41) is 5.06. The zero-order valence-electron chi connectivity index (χ0n) is 16.7. The highest BCUT2D eigenvalue weighted by molar-refractivity contribution is 5.97. The van der Waals surface area contributed by atoms with Gasteiger partial charge in [-0.15, -0.1) is 13.2 Å². The van der Waals surface area contributed by atoms with Crippen LogP contribution in [-0.4, -0.2) is 35.2 Å². The van der Waals surface area contributed by atoms with Crippen LogP contribution in [0, 0.1) is 0 Å². The molecule has 3 aromatic rings. The molecule has 1 aromatic heterocycles. The molecule has 1 heterocycles. The van der Waals surface area contributed by atoms with Gasteiger partial charge in [0.25, 0.3) is 11.8 Å². The lowest BCUT2D eigenvalue weighted by Crippen LogP contribution is -2.23. The Morgan fingerprint density at radius 1 is 1.09 bits per heavy atom. The molecule has 0 saturated heterocycles. The summed E-state index contributed by atoms with van der Waals surface area (Å²) >= 11 is 0. The molecule has 0 spiro atoms. The Balaban J connectivity index is 1.74. The summed E-state index contributed by atoms with van der Waals surface area (Å²) in [5.41, 5.74) is 7.22. The van der Waals surface area contributed by atoms with E-state index in [1.807, 2.05) is 0 Å². The van der Waals surface area contributed by atoms with E-state index >= 15 is 0 Å². The minimum Gasteiger partial charge on any atom is -0.406 e. The van der Waals surface area contributed by atoms with Crippen LogP contribution < -0.4 is 21.1 Å². The van der Waals surface area contributed by atoms with Crippen LogP contribution in [0.25, 0.3) is 11.3 Å². The number of amides is 2. The van der Waals surface area contributed by atoms with Gasteiger partial charge in [0.05, 0.1) is 11.9 Å². The molecule has 0 bridgehead atoms. The summed E-state index contributed by atoms with van der Waals surface area (Å²) in [4.78, 5) is 32.6. The number of ether oxygens (including phenoxy) is 1. The van der Waals surface area contributed by atoms with Crippen LogP contribution in [0.3, 0.4) is 0 Å². The fraction of sp³-hybridized carbons (Fsp3) is 0.143. The second-order valence-electron chi connectivity index (χ2n) is 6.53. The van der Waals surface area contributed by atoms with Crippen LogP contribution in [0.5, 0.6) is 5.75 Å². The molecule has 0 fully saturated rings. The SMILES string of the molecule is CNC(=O)c1nc(-c2cccc(C(=O)NCc3cccc(OC(F)(F)F)c3)c2)cnc1N. The fourth-order valence-corrected chi connectivity index (χ4v) is 2.78. The Labute approximate surface area is 180 Å². The van der Waals surface area contributed by atoms with Crippen molar-refractivity contribution in [2.75, 3.05) is 12.8 Å². The Morgan fingerprint density at radius 2 is 1.84 bits per heavy atom. The molecule has 0 atom stereocenters. The van der Waals surface area contributed by atoms with Gasteiger partial charge >= 0.3 is 6.36 Å². The molecule has 32 heavy (non-hydrogen) atoms. The lowest BCUT2D eigenvalue weighted by molar-refractivity contribution is -0.274. The fourth-order valence-electron chi connectivity index (χ4n) is 2.78. The molecule has 3 rings (SSSR count). The Kier molecular flexibility index (Phi) is 6.57. The van der Waals surface area contributed by atoms with E-state index in [9.17, 15) is 22.8 Å². The normalized spacial score (nSPS) is 11.0. The van der Waals surface area contributed by atoms with Crippen molar-refractivity contribution in [2.24, 2.45) is 0 Å². The molecule has 0 saturated carbocycles. The molecule has 2 aromatic carbocycles. The maximum atomic E-state index is 12.5. The highest BCUT2D eigenvalue weighted by Crippen LogP contribution is 2.23. The van der Waals surface area contributed by atoms with Gasteiger partial charge in [0.1, 0.15) is 5.75 Å². The van der Waals surface area contributed by atoms with Crippen LogP contribution in [-0.2, 0) is 6.54 Å². The lowest BCUT2D eigenvalue weighted by atomic mass is 10.1. The van der Waals surface area contributed by atoms with E-state index in [4.69, 9.17) is 5.73 Å². The number of nitrogens with zero attached hydrogens (tertiary/aromatic N) is 2. The van der Waals surface area contributed by atoms with Gasteiger partial charge in [-0.2, -0.15) is 0 Å². The smallest absolute Gasteiger partial charge is 0.406 e. The van der Waals surface area contributed by atoms with Crippen molar-refractivity contribution in [1.82, 2.24) is 20.6 Å². The molecule has 0 unspecified atom stereocenters. The van der Waals surface area contributed by atoms with Gasteiger partial charge < -0.3 is 21.1 Å². The largest absolute Gasteiger partial charge is 0.573 e. The molecular formula is C21H18F3N5O3. The predicted octanol–water partition coefficient (Wildman–Crippen LogP) is 2.91. The maximum absolute atomic E-state index is 12.5. The molecule has 0 aliphatic carbocycles. The number of rotatable bonds is 6. The van der Waals surface area contributed by atoms with Gasteiger partial charge in [-0.05, 0) is 29.8 Å². The summed E-state index contributed by atoms with van der Waals surface area (Å²) in [6, 6.07) is 11.7. The first-order valence-electron chi connectivity index (χ1n) is 9.24. The molecule has 166 valence electrons. The second kappa shape index (κ2) is 9.33. The van der Waals surface area contributed by atoms with Gasteiger partial charge in [-0.25, -0.2) is 9.97 Å². The zero-order chi connectivity index (χ0) is 23.3. The summed E-state index contributed by atoms with van der Waals surface area (Å²) in [6.45, 7) is -0.0133. The number of aromatic nitrogens is 2. The first kappa shape index (κ1) is 22.5. The van der Waals surface area contributed by atoms with Gasteiger partial charge in [0, 0.05) is 24.7 Å². The third kappa shape index (κ3) is 5.72. The number of anilines is 1. The third-order valence-electron chi connectivity index (χ3n) is 4.25. The quantitative estimate of drug-likeness (QED) is 0.537. The Hall–Kier alpha value is -4.15. The number of benzene rings is 2. The van der Waals surface area contributed by atoms with E-state index in [0.717, 1.165) is 0 Å². The molecule has 11 heteroatoms. The zero-order valence-corrected chi connectivity index (χ0v) is 16.7. The average Bonchev–Trinajstić information content (AvgIpc) is 2.76.